The highest BCUT2D eigenvalue weighted by molar-refractivity contribution is 5.99. The van der Waals surface area contributed by atoms with Gasteiger partial charge in [0.15, 0.2) is 0 Å². The highest BCUT2D eigenvalue weighted by Gasteiger charge is 2.18. The number of halogens is 4. The predicted molar refractivity (Wildman–Crippen MR) is 166 cm³/mol. The van der Waals surface area contributed by atoms with Gasteiger partial charge in [-0.2, -0.15) is 10.2 Å². The van der Waals surface area contributed by atoms with Crippen LogP contribution in [-0.4, -0.2) is 40.0 Å². The molecule has 0 saturated heterocycles. The Morgan fingerprint density at radius 3 is 1.26 bits per heavy atom. The topological polar surface area (TPSA) is 89.0 Å². The fraction of sp³-hybridized carbons (Fsp3) is 0.214. The van der Waals surface area contributed by atoms with Crippen LogP contribution < -0.4 is 0 Å². The molecule has 0 aliphatic carbocycles. The molecule has 2 aliphatic rings. The van der Waals surface area contributed by atoms with Gasteiger partial charge in [0.25, 0.3) is 0 Å². The number of hydrazone groups is 2. The summed E-state index contributed by atoms with van der Waals surface area (Å²) < 4.78 is 10.7. The average molecular weight is 616 g/mol. The minimum atomic E-state index is 0. The van der Waals surface area contributed by atoms with Gasteiger partial charge in [-0.1, -0.05) is 60.7 Å². The fourth-order valence-electron chi connectivity index (χ4n) is 4.06. The van der Waals surface area contributed by atoms with E-state index in [1.807, 2.05) is 36.4 Å². The first-order valence-electron chi connectivity index (χ1n) is 11.6. The lowest BCUT2D eigenvalue weighted by molar-refractivity contribution is 0.310. The third-order valence-corrected chi connectivity index (χ3v) is 5.76. The quantitative estimate of drug-likeness (QED) is 0.243. The van der Waals surface area contributed by atoms with Crippen LogP contribution in [0.2, 0.25) is 0 Å². The van der Waals surface area contributed by atoms with E-state index in [1.54, 1.807) is 12.5 Å². The highest BCUT2D eigenvalue weighted by Crippen LogP contribution is 2.17. The van der Waals surface area contributed by atoms with E-state index < -0.39 is 0 Å². The number of furan rings is 2. The van der Waals surface area contributed by atoms with Gasteiger partial charge in [0.05, 0.1) is 25.6 Å². The lowest BCUT2D eigenvalue weighted by Crippen LogP contribution is -2.12. The Balaban J connectivity index is 0.000000656. The maximum atomic E-state index is 5.36. The summed E-state index contributed by atoms with van der Waals surface area (Å²) in [6.07, 6.45) is 5.30. The maximum absolute atomic E-state index is 5.36. The second kappa shape index (κ2) is 18.4. The second-order valence-electron chi connectivity index (χ2n) is 8.30. The number of hydrogen-bond donors (Lipinski definition) is 0. The van der Waals surface area contributed by atoms with Crippen molar-refractivity contribution in [2.75, 3.05) is 13.1 Å². The lowest BCUT2D eigenvalue weighted by atomic mass is 10.2. The van der Waals surface area contributed by atoms with Crippen LogP contribution in [-0.2, 0) is 13.1 Å². The van der Waals surface area contributed by atoms with Crippen molar-refractivity contribution < 1.29 is 14.3 Å². The van der Waals surface area contributed by atoms with E-state index >= 15 is 0 Å². The molecule has 0 radical (unpaired) electrons. The molecule has 0 bridgehead atoms. The Morgan fingerprint density at radius 2 is 0.923 bits per heavy atom. The monoisotopic (exact) mass is 614 g/mol. The molecule has 2 N–H and O–H groups in total. The van der Waals surface area contributed by atoms with Crippen LogP contribution in [0.4, 0.5) is 0 Å². The van der Waals surface area contributed by atoms with E-state index in [2.05, 4.69) is 68.8 Å². The Bertz CT molecular complexity index is 1120. The summed E-state index contributed by atoms with van der Waals surface area (Å²) in [5.41, 5.74) is 4.67. The van der Waals surface area contributed by atoms with Crippen LogP contribution in [0.3, 0.4) is 0 Å². The van der Waals surface area contributed by atoms with Crippen molar-refractivity contribution >= 4 is 61.1 Å². The molecule has 0 amide bonds. The van der Waals surface area contributed by atoms with Crippen LogP contribution in [0.1, 0.15) is 35.5 Å². The van der Waals surface area contributed by atoms with Crippen molar-refractivity contribution in [3.63, 3.8) is 0 Å². The van der Waals surface area contributed by atoms with Crippen molar-refractivity contribution in [3.05, 3.63) is 120 Å². The summed E-state index contributed by atoms with van der Waals surface area (Å²) in [6.45, 7) is 3.66. The van der Waals surface area contributed by atoms with Crippen LogP contribution in [0, 0.1) is 0 Å². The maximum Gasteiger partial charge on any atom is 0.149 e. The number of nitrogens with zero attached hydrogens (tertiary/aromatic N) is 4. The minimum Gasteiger partial charge on any atom is -0.463 e. The summed E-state index contributed by atoms with van der Waals surface area (Å²) in [4.78, 5) is 0. The summed E-state index contributed by atoms with van der Waals surface area (Å²) in [6, 6.07) is 28.5. The molecule has 2 aliphatic heterocycles. The Hall–Kier alpha value is -2.94. The summed E-state index contributed by atoms with van der Waals surface area (Å²) >= 11 is 0. The van der Waals surface area contributed by atoms with Crippen LogP contribution in [0.25, 0.3) is 0 Å². The normalized spacial score (nSPS) is 13.1. The molecule has 0 fully saturated rings. The smallest absolute Gasteiger partial charge is 0.149 e. The molecule has 0 unspecified atom stereocenters. The average Bonchev–Trinajstić information content (AvgIpc) is 3.69. The third kappa shape index (κ3) is 10.3. The first-order valence-corrected chi connectivity index (χ1v) is 11.6. The SMILES string of the molecule is Cl.Cl.Cl.Cl.O.c1ccc(CN2CCC(c3ccco3)=N2)cc1.c1ccc(CN2CCC(c3ccco3)=N2)cc1. The molecule has 7 nitrogen and oxygen atoms in total. The Kier molecular flexibility index (Phi) is 17.0. The van der Waals surface area contributed by atoms with Gasteiger partial charge in [-0.05, 0) is 35.4 Å². The van der Waals surface area contributed by atoms with E-state index in [1.165, 1.54) is 11.1 Å². The van der Waals surface area contributed by atoms with Gasteiger partial charge in [-0.25, -0.2) is 0 Å². The van der Waals surface area contributed by atoms with Crippen molar-refractivity contribution in [2.45, 2.75) is 25.9 Å². The van der Waals surface area contributed by atoms with E-state index in [9.17, 15) is 0 Å². The van der Waals surface area contributed by atoms with Gasteiger partial charge in [-0.3, -0.25) is 10.0 Å². The van der Waals surface area contributed by atoms with E-state index in [0.717, 1.165) is 62.0 Å². The zero-order valence-electron chi connectivity index (χ0n) is 21.2. The molecule has 2 aromatic heterocycles. The van der Waals surface area contributed by atoms with Gasteiger partial charge >= 0.3 is 0 Å². The van der Waals surface area contributed by atoms with E-state index in [-0.39, 0.29) is 55.1 Å². The van der Waals surface area contributed by atoms with Gasteiger partial charge < -0.3 is 14.3 Å². The summed E-state index contributed by atoms with van der Waals surface area (Å²) in [7, 11) is 0. The first-order chi connectivity index (χ1) is 16.8. The zero-order chi connectivity index (χ0) is 23.0. The van der Waals surface area contributed by atoms with Crippen LogP contribution in [0.15, 0.2) is 116 Å². The van der Waals surface area contributed by atoms with Gasteiger partial charge in [-0.15, -0.1) is 49.6 Å². The fourth-order valence-corrected chi connectivity index (χ4v) is 4.06. The van der Waals surface area contributed by atoms with Gasteiger partial charge in [0.2, 0.25) is 0 Å². The standard InChI is InChI=1S/2C14H14N2O.4ClH.H2O/c2*1-2-5-12(6-3-1)11-16-9-8-13(15-16)14-7-4-10-17-14;;;;;/h2*1-7,10H,8-9,11H2;4*1H;1H2. The molecular formula is C28H34Cl4N4O3. The zero-order valence-corrected chi connectivity index (χ0v) is 24.5. The molecule has 4 aromatic rings. The molecule has 2 aromatic carbocycles. The lowest BCUT2D eigenvalue weighted by Gasteiger charge is -2.12. The largest absolute Gasteiger partial charge is 0.463 e. The Morgan fingerprint density at radius 1 is 0.538 bits per heavy atom. The van der Waals surface area contributed by atoms with Crippen LogP contribution >= 0.6 is 49.6 Å². The number of benzene rings is 2. The summed E-state index contributed by atoms with van der Waals surface area (Å²) in [5.74, 6) is 1.78. The third-order valence-electron chi connectivity index (χ3n) is 5.76. The molecule has 4 heterocycles. The van der Waals surface area contributed by atoms with Crippen molar-refractivity contribution in [2.24, 2.45) is 10.2 Å². The molecule has 11 heteroatoms. The van der Waals surface area contributed by atoms with Crippen molar-refractivity contribution in [3.8, 4) is 0 Å². The first kappa shape index (κ1) is 36.1. The number of hydrogen-bond acceptors (Lipinski definition) is 6. The molecule has 212 valence electrons. The Labute approximate surface area is 253 Å². The van der Waals surface area contributed by atoms with Crippen molar-refractivity contribution in [1.82, 2.24) is 10.0 Å². The molecule has 0 saturated carbocycles. The van der Waals surface area contributed by atoms with E-state index in [0.29, 0.717) is 0 Å². The van der Waals surface area contributed by atoms with Gasteiger partial charge in [0, 0.05) is 25.9 Å². The van der Waals surface area contributed by atoms with Crippen LogP contribution in [0.5, 0.6) is 0 Å². The molecule has 0 spiro atoms. The molecule has 39 heavy (non-hydrogen) atoms. The molecule has 0 atom stereocenters. The van der Waals surface area contributed by atoms with Gasteiger partial charge in [0.1, 0.15) is 22.9 Å². The minimum absolute atomic E-state index is 0. The number of rotatable bonds is 6. The molecule has 6 rings (SSSR count). The predicted octanol–water partition coefficient (Wildman–Crippen LogP) is 6.64. The molecular weight excluding hydrogens is 582 g/mol. The summed E-state index contributed by atoms with van der Waals surface area (Å²) in [5, 5.41) is 13.3. The van der Waals surface area contributed by atoms with E-state index in [4.69, 9.17) is 8.83 Å². The second-order valence-corrected chi connectivity index (χ2v) is 8.30. The van der Waals surface area contributed by atoms with Crippen molar-refractivity contribution in [1.29, 1.82) is 0 Å². The highest BCUT2D eigenvalue weighted by atomic mass is 35.5.